The lowest BCUT2D eigenvalue weighted by Crippen LogP contribution is -2.39. The van der Waals surface area contributed by atoms with Gasteiger partial charge in [-0.15, -0.1) is 0 Å². The van der Waals surface area contributed by atoms with Crippen molar-refractivity contribution >= 4 is 17.6 Å². The Labute approximate surface area is 140 Å². The first-order chi connectivity index (χ1) is 10.8. The largest absolute Gasteiger partial charge is 0.476 e. The Hall–Kier alpha value is -2.04. The van der Waals surface area contributed by atoms with Crippen LogP contribution in [-0.2, 0) is 9.53 Å². The lowest BCUT2D eigenvalue weighted by Gasteiger charge is -2.23. The summed E-state index contributed by atoms with van der Waals surface area (Å²) in [5.41, 5.74) is 0.388. The topological polar surface area (TPSA) is 55.8 Å². The summed E-state index contributed by atoms with van der Waals surface area (Å²) in [6, 6.07) is 13.9. The van der Waals surface area contributed by atoms with E-state index in [1.165, 1.54) is 7.11 Å². The van der Waals surface area contributed by atoms with Crippen LogP contribution in [0.1, 0.15) is 31.1 Å². The van der Waals surface area contributed by atoms with Crippen molar-refractivity contribution in [1.29, 1.82) is 0 Å². The van der Waals surface area contributed by atoms with Crippen LogP contribution >= 0.6 is 11.6 Å². The second kappa shape index (κ2) is 7.02. The van der Waals surface area contributed by atoms with Gasteiger partial charge in [0.1, 0.15) is 11.9 Å². The summed E-state index contributed by atoms with van der Waals surface area (Å²) < 4.78 is 10.3. The molecule has 0 spiro atoms. The van der Waals surface area contributed by atoms with E-state index in [1.807, 2.05) is 0 Å². The molecule has 0 heterocycles. The molecule has 0 aliphatic rings. The van der Waals surface area contributed by atoms with Crippen LogP contribution < -0.4 is 4.74 Å². The first kappa shape index (κ1) is 17.3. The fourth-order valence-electron chi connectivity index (χ4n) is 2.14. The summed E-state index contributed by atoms with van der Waals surface area (Å²) >= 11 is 5.85. The molecule has 122 valence electrons. The van der Waals surface area contributed by atoms with E-state index in [-0.39, 0.29) is 0 Å². The monoisotopic (exact) mass is 334 g/mol. The molecule has 0 radical (unpaired) electrons. The minimum absolute atomic E-state index is 0.456. The van der Waals surface area contributed by atoms with Crippen molar-refractivity contribution in [2.45, 2.75) is 25.6 Å². The molecular formula is C18H19ClO4. The fraction of sp³-hybridized carbons (Fsp3) is 0.278. The number of rotatable bonds is 5. The molecule has 2 rings (SSSR count). The van der Waals surface area contributed by atoms with Crippen LogP contribution in [0.2, 0.25) is 5.02 Å². The van der Waals surface area contributed by atoms with Gasteiger partial charge in [-0.05, 0) is 49.2 Å². The van der Waals surface area contributed by atoms with E-state index >= 15 is 0 Å². The second-order valence-electron chi connectivity index (χ2n) is 5.63. The van der Waals surface area contributed by atoms with Crippen LogP contribution in [-0.4, -0.2) is 23.8 Å². The highest BCUT2D eigenvalue weighted by Crippen LogP contribution is 2.26. The highest BCUT2D eigenvalue weighted by atomic mass is 35.5. The zero-order valence-corrected chi connectivity index (χ0v) is 14.0. The van der Waals surface area contributed by atoms with E-state index in [4.69, 9.17) is 21.1 Å². The van der Waals surface area contributed by atoms with Crippen LogP contribution in [0.3, 0.4) is 0 Å². The molecular weight excluding hydrogens is 316 g/mol. The summed E-state index contributed by atoms with van der Waals surface area (Å²) in [6.45, 7) is 3.27. The van der Waals surface area contributed by atoms with Gasteiger partial charge in [0.05, 0.1) is 7.11 Å². The molecule has 23 heavy (non-hydrogen) atoms. The van der Waals surface area contributed by atoms with E-state index in [0.717, 1.165) is 11.1 Å². The van der Waals surface area contributed by atoms with Gasteiger partial charge >= 0.3 is 5.97 Å². The number of aliphatic hydroxyl groups is 1. The first-order valence-electron chi connectivity index (χ1n) is 7.14. The molecule has 1 N–H and O–H groups in total. The Morgan fingerprint density at radius 3 is 2.00 bits per heavy atom. The highest BCUT2D eigenvalue weighted by molar-refractivity contribution is 6.30. The van der Waals surface area contributed by atoms with E-state index in [0.29, 0.717) is 10.8 Å². The summed E-state index contributed by atoms with van der Waals surface area (Å²) in [5.74, 6) is 0.0650. The van der Waals surface area contributed by atoms with Gasteiger partial charge in [-0.2, -0.15) is 0 Å². The van der Waals surface area contributed by atoms with Gasteiger partial charge in [0.15, 0.2) is 5.60 Å². The van der Waals surface area contributed by atoms with Crippen LogP contribution in [0.4, 0.5) is 0 Å². The number of carbonyl (C=O) groups excluding carboxylic acids is 1. The minimum atomic E-state index is -1.08. The summed E-state index contributed by atoms with van der Waals surface area (Å²) in [5, 5.41) is 11.0. The SMILES string of the molecule is COC(=O)C(C)(C)Oc1ccc(C(O)c2ccc(Cl)cc2)cc1. The van der Waals surface area contributed by atoms with Crippen LogP contribution in [0.25, 0.3) is 0 Å². The van der Waals surface area contributed by atoms with Gasteiger partial charge < -0.3 is 14.6 Å². The average molecular weight is 335 g/mol. The molecule has 0 saturated carbocycles. The van der Waals surface area contributed by atoms with E-state index in [1.54, 1.807) is 62.4 Å². The quantitative estimate of drug-likeness (QED) is 0.846. The number of hydrogen-bond acceptors (Lipinski definition) is 4. The molecule has 1 atom stereocenters. The van der Waals surface area contributed by atoms with Gasteiger partial charge in [-0.3, -0.25) is 0 Å². The van der Waals surface area contributed by atoms with Crippen LogP contribution in [0.15, 0.2) is 48.5 Å². The Morgan fingerprint density at radius 1 is 1.04 bits per heavy atom. The zero-order valence-electron chi connectivity index (χ0n) is 13.2. The van der Waals surface area contributed by atoms with Crippen molar-refractivity contribution in [3.8, 4) is 5.75 Å². The van der Waals surface area contributed by atoms with Crippen molar-refractivity contribution in [3.63, 3.8) is 0 Å². The van der Waals surface area contributed by atoms with E-state index in [2.05, 4.69) is 0 Å². The van der Waals surface area contributed by atoms with Gasteiger partial charge in [0.2, 0.25) is 0 Å². The standard InChI is InChI=1S/C18H19ClO4/c1-18(2,17(21)22-3)23-15-10-6-13(7-11-15)16(20)12-4-8-14(19)9-5-12/h4-11,16,20H,1-3H3. The smallest absolute Gasteiger partial charge is 0.349 e. The number of benzene rings is 2. The number of halogens is 1. The van der Waals surface area contributed by atoms with Gasteiger partial charge in [0.25, 0.3) is 0 Å². The maximum atomic E-state index is 11.6. The number of methoxy groups -OCH3 is 1. The van der Waals surface area contributed by atoms with Gasteiger partial charge in [-0.25, -0.2) is 4.79 Å². The van der Waals surface area contributed by atoms with Gasteiger partial charge in [0, 0.05) is 5.02 Å². The molecule has 0 aromatic heterocycles. The summed E-state index contributed by atoms with van der Waals surface area (Å²) in [6.07, 6.45) is -0.755. The lowest BCUT2D eigenvalue weighted by atomic mass is 10.0. The van der Waals surface area contributed by atoms with Crippen molar-refractivity contribution in [2.24, 2.45) is 0 Å². The molecule has 2 aromatic rings. The van der Waals surface area contributed by atoms with Crippen molar-refractivity contribution in [1.82, 2.24) is 0 Å². The third kappa shape index (κ3) is 4.24. The number of carbonyl (C=O) groups is 1. The lowest BCUT2D eigenvalue weighted by molar-refractivity contribution is -0.156. The molecule has 0 amide bonds. The Balaban J connectivity index is 2.13. The molecule has 0 saturated heterocycles. The fourth-order valence-corrected chi connectivity index (χ4v) is 2.26. The molecule has 0 fully saturated rings. The van der Waals surface area contributed by atoms with Crippen molar-refractivity contribution in [2.75, 3.05) is 7.11 Å². The van der Waals surface area contributed by atoms with Crippen LogP contribution in [0.5, 0.6) is 5.75 Å². The summed E-state index contributed by atoms with van der Waals surface area (Å²) in [4.78, 5) is 11.6. The van der Waals surface area contributed by atoms with Crippen molar-refractivity contribution in [3.05, 3.63) is 64.7 Å². The molecule has 0 aliphatic carbocycles. The van der Waals surface area contributed by atoms with Gasteiger partial charge in [-0.1, -0.05) is 35.9 Å². The average Bonchev–Trinajstić information content (AvgIpc) is 2.54. The number of aliphatic hydroxyl groups excluding tert-OH is 1. The normalized spacial score (nSPS) is 12.6. The minimum Gasteiger partial charge on any atom is -0.476 e. The highest BCUT2D eigenvalue weighted by Gasteiger charge is 2.31. The molecule has 5 heteroatoms. The number of hydrogen-bond donors (Lipinski definition) is 1. The number of esters is 1. The Kier molecular flexibility index (Phi) is 5.29. The van der Waals surface area contributed by atoms with E-state index < -0.39 is 17.7 Å². The van der Waals surface area contributed by atoms with Crippen LogP contribution in [0, 0.1) is 0 Å². The predicted molar refractivity (Wildman–Crippen MR) is 88.7 cm³/mol. The predicted octanol–water partition coefficient (Wildman–Crippen LogP) is 3.75. The molecule has 0 bridgehead atoms. The zero-order chi connectivity index (χ0) is 17.0. The number of ether oxygens (including phenoxy) is 2. The maximum Gasteiger partial charge on any atom is 0.349 e. The maximum absolute atomic E-state index is 11.6. The molecule has 4 nitrogen and oxygen atoms in total. The first-order valence-corrected chi connectivity index (χ1v) is 7.52. The molecule has 1 unspecified atom stereocenters. The van der Waals surface area contributed by atoms with E-state index in [9.17, 15) is 9.90 Å². The Bertz CT molecular complexity index is 662. The second-order valence-corrected chi connectivity index (χ2v) is 6.06. The molecule has 2 aromatic carbocycles. The van der Waals surface area contributed by atoms with Crippen molar-refractivity contribution < 1.29 is 19.4 Å². The third-order valence-corrected chi connectivity index (χ3v) is 3.68. The third-order valence-electron chi connectivity index (χ3n) is 3.43. The summed E-state index contributed by atoms with van der Waals surface area (Å²) in [7, 11) is 1.32. The Morgan fingerprint density at radius 2 is 1.52 bits per heavy atom. The molecule has 0 aliphatic heterocycles.